The monoisotopic (exact) mass is 246 g/mol. The number of aromatic nitrogens is 1. The Labute approximate surface area is 112 Å². The highest BCUT2D eigenvalue weighted by molar-refractivity contribution is 5.64. The van der Waals surface area contributed by atoms with E-state index in [1.807, 2.05) is 66.9 Å². The molecule has 0 aliphatic heterocycles. The van der Waals surface area contributed by atoms with Gasteiger partial charge in [-0.1, -0.05) is 48.5 Å². The molecule has 1 aromatic heterocycles. The van der Waals surface area contributed by atoms with Gasteiger partial charge in [-0.15, -0.1) is 0 Å². The maximum absolute atomic E-state index is 4.48. The minimum absolute atomic E-state index is 0.985. The second-order valence-electron chi connectivity index (χ2n) is 4.29. The molecule has 0 aliphatic rings. The van der Waals surface area contributed by atoms with Crippen molar-refractivity contribution in [1.29, 1.82) is 0 Å². The molecule has 0 saturated heterocycles. The topological polar surface area (TPSA) is 24.9 Å². The van der Waals surface area contributed by atoms with Crippen LogP contribution in [0.3, 0.4) is 0 Å². The van der Waals surface area contributed by atoms with E-state index < -0.39 is 0 Å². The quantitative estimate of drug-likeness (QED) is 0.736. The number of para-hydroxylation sites is 1. The second-order valence-corrected chi connectivity index (χ2v) is 4.29. The van der Waals surface area contributed by atoms with E-state index in [9.17, 15) is 0 Å². The van der Waals surface area contributed by atoms with E-state index in [2.05, 4.69) is 22.4 Å². The summed E-state index contributed by atoms with van der Waals surface area (Å²) in [4.78, 5) is 4.48. The average molecular weight is 246 g/mol. The van der Waals surface area contributed by atoms with E-state index in [-0.39, 0.29) is 0 Å². The van der Waals surface area contributed by atoms with Crippen LogP contribution in [-0.4, -0.2) is 4.98 Å². The summed E-state index contributed by atoms with van der Waals surface area (Å²) in [6.07, 6.45) is 1.86. The number of pyridine rings is 1. The number of hydrogen-bond donors (Lipinski definition) is 1. The number of hydrogen-bond acceptors (Lipinski definition) is 2. The minimum atomic E-state index is 0.985. The summed E-state index contributed by atoms with van der Waals surface area (Å²) < 4.78 is 0. The molecular formula is C17H14N2. The fourth-order valence-corrected chi connectivity index (χ4v) is 1.94. The van der Waals surface area contributed by atoms with Crippen LogP contribution in [0.4, 0.5) is 11.4 Å². The summed E-state index contributed by atoms with van der Waals surface area (Å²) in [5.74, 6) is 0. The first-order valence-electron chi connectivity index (χ1n) is 6.25. The third-order valence-corrected chi connectivity index (χ3v) is 2.90. The molecule has 0 fully saturated rings. The van der Waals surface area contributed by atoms with Crippen molar-refractivity contribution in [3.05, 3.63) is 79.0 Å². The Morgan fingerprint density at radius 2 is 1.32 bits per heavy atom. The average Bonchev–Trinajstić information content (AvgIpc) is 2.50. The lowest BCUT2D eigenvalue weighted by Crippen LogP contribution is -1.91. The van der Waals surface area contributed by atoms with Gasteiger partial charge in [0.15, 0.2) is 0 Å². The molecule has 3 rings (SSSR count). The van der Waals surface area contributed by atoms with E-state index in [4.69, 9.17) is 0 Å². The van der Waals surface area contributed by atoms with Gasteiger partial charge in [-0.25, -0.2) is 0 Å². The van der Waals surface area contributed by atoms with Gasteiger partial charge in [0.1, 0.15) is 0 Å². The third-order valence-electron chi connectivity index (χ3n) is 2.90. The lowest BCUT2D eigenvalue weighted by molar-refractivity contribution is 1.32. The van der Waals surface area contributed by atoms with Gasteiger partial charge in [-0.3, -0.25) is 4.98 Å². The van der Waals surface area contributed by atoms with Crippen molar-refractivity contribution in [2.75, 3.05) is 5.32 Å². The molecule has 1 heterocycles. The number of benzene rings is 2. The Kier molecular flexibility index (Phi) is 3.24. The molecule has 2 aromatic carbocycles. The first kappa shape index (κ1) is 11.5. The van der Waals surface area contributed by atoms with Gasteiger partial charge < -0.3 is 5.32 Å². The number of anilines is 2. The molecule has 0 bridgehead atoms. The Morgan fingerprint density at radius 1 is 0.632 bits per heavy atom. The predicted molar refractivity (Wildman–Crippen MR) is 79.4 cm³/mol. The fraction of sp³-hybridized carbons (Fsp3) is 0. The van der Waals surface area contributed by atoms with Crippen LogP contribution in [0.5, 0.6) is 0 Å². The van der Waals surface area contributed by atoms with Gasteiger partial charge in [-0.05, 0) is 24.3 Å². The normalized spacial score (nSPS) is 10.1. The summed E-state index contributed by atoms with van der Waals surface area (Å²) in [6.45, 7) is 0. The zero-order chi connectivity index (χ0) is 12.9. The summed E-state index contributed by atoms with van der Waals surface area (Å²) in [7, 11) is 0. The number of rotatable bonds is 3. The summed E-state index contributed by atoms with van der Waals surface area (Å²) >= 11 is 0. The molecule has 0 amide bonds. The minimum Gasteiger partial charge on any atom is -0.354 e. The van der Waals surface area contributed by atoms with Crippen LogP contribution in [0.2, 0.25) is 0 Å². The zero-order valence-corrected chi connectivity index (χ0v) is 10.5. The molecule has 0 unspecified atom stereocenters. The van der Waals surface area contributed by atoms with Crippen molar-refractivity contribution in [1.82, 2.24) is 4.98 Å². The van der Waals surface area contributed by atoms with Gasteiger partial charge in [0, 0.05) is 11.3 Å². The van der Waals surface area contributed by atoms with E-state index in [0.717, 1.165) is 22.6 Å². The molecule has 19 heavy (non-hydrogen) atoms. The summed E-state index contributed by atoms with van der Waals surface area (Å²) in [6, 6.07) is 24.3. The second kappa shape index (κ2) is 5.36. The summed E-state index contributed by atoms with van der Waals surface area (Å²) in [5.41, 5.74) is 4.18. The van der Waals surface area contributed by atoms with Crippen LogP contribution < -0.4 is 5.32 Å². The van der Waals surface area contributed by atoms with Crippen molar-refractivity contribution >= 4 is 11.4 Å². The maximum Gasteiger partial charge on any atom is 0.0703 e. The molecule has 0 radical (unpaired) electrons. The fourth-order valence-electron chi connectivity index (χ4n) is 1.94. The first-order valence-corrected chi connectivity index (χ1v) is 6.25. The predicted octanol–water partition coefficient (Wildman–Crippen LogP) is 4.49. The van der Waals surface area contributed by atoms with Gasteiger partial charge in [0.2, 0.25) is 0 Å². The molecular weight excluding hydrogens is 232 g/mol. The molecule has 2 heteroatoms. The highest BCUT2D eigenvalue weighted by Crippen LogP contribution is 2.20. The van der Waals surface area contributed by atoms with Crippen LogP contribution in [0, 0.1) is 0 Å². The Bertz CT molecular complexity index is 631. The lowest BCUT2D eigenvalue weighted by atomic mass is 10.1. The molecule has 2 nitrogen and oxygen atoms in total. The smallest absolute Gasteiger partial charge is 0.0703 e. The van der Waals surface area contributed by atoms with Gasteiger partial charge in [0.05, 0.1) is 17.6 Å². The van der Waals surface area contributed by atoms with Crippen LogP contribution >= 0.6 is 0 Å². The Hall–Kier alpha value is -2.61. The van der Waals surface area contributed by atoms with Crippen molar-refractivity contribution in [2.24, 2.45) is 0 Å². The first-order chi connectivity index (χ1) is 9.42. The molecule has 0 spiro atoms. The van der Waals surface area contributed by atoms with Crippen molar-refractivity contribution < 1.29 is 0 Å². The van der Waals surface area contributed by atoms with Crippen molar-refractivity contribution in [2.45, 2.75) is 0 Å². The molecule has 0 aliphatic carbocycles. The largest absolute Gasteiger partial charge is 0.354 e. The van der Waals surface area contributed by atoms with E-state index in [0.29, 0.717) is 0 Å². The summed E-state index contributed by atoms with van der Waals surface area (Å²) in [5, 5.41) is 3.32. The third kappa shape index (κ3) is 2.80. The van der Waals surface area contributed by atoms with Gasteiger partial charge in [-0.2, -0.15) is 0 Å². The molecule has 3 aromatic rings. The van der Waals surface area contributed by atoms with Crippen LogP contribution in [-0.2, 0) is 0 Å². The standard InChI is InChI=1S/C17H14N2/c1-3-7-14(8-4-1)17-12-11-16(13-18-17)19-15-9-5-2-6-10-15/h1-13,19H. The van der Waals surface area contributed by atoms with E-state index in [1.165, 1.54) is 0 Å². The van der Waals surface area contributed by atoms with Crippen LogP contribution in [0.25, 0.3) is 11.3 Å². The highest BCUT2D eigenvalue weighted by atomic mass is 14.9. The Balaban J connectivity index is 1.80. The van der Waals surface area contributed by atoms with Crippen LogP contribution in [0.15, 0.2) is 79.0 Å². The van der Waals surface area contributed by atoms with Crippen LogP contribution in [0.1, 0.15) is 0 Å². The van der Waals surface area contributed by atoms with Gasteiger partial charge in [0.25, 0.3) is 0 Å². The Morgan fingerprint density at radius 3 is 1.95 bits per heavy atom. The van der Waals surface area contributed by atoms with E-state index >= 15 is 0 Å². The number of nitrogens with one attached hydrogen (secondary N) is 1. The van der Waals surface area contributed by atoms with Gasteiger partial charge >= 0.3 is 0 Å². The van der Waals surface area contributed by atoms with Crippen molar-refractivity contribution in [3.63, 3.8) is 0 Å². The highest BCUT2D eigenvalue weighted by Gasteiger charge is 1.99. The number of nitrogens with zero attached hydrogens (tertiary/aromatic N) is 1. The molecule has 0 saturated carbocycles. The maximum atomic E-state index is 4.48. The molecule has 92 valence electrons. The molecule has 1 N–H and O–H groups in total. The SMILES string of the molecule is c1ccc(Nc2ccc(-c3ccccc3)nc2)cc1. The zero-order valence-electron chi connectivity index (χ0n) is 10.5. The van der Waals surface area contributed by atoms with E-state index in [1.54, 1.807) is 0 Å². The lowest BCUT2D eigenvalue weighted by Gasteiger charge is -2.06. The molecule has 0 atom stereocenters. The van der Waals surface area contributed by atoms with Crippen molar-refractivity contribution in [3.8, 4) is 11.3 Å².